The number of nitrogens with one attached hydrogen (secondary N) is 1. The van der Waals surface area contributed by atoms with E-state index >= 15 is 0 Å². The molecule has 2 aromatic rings. The second kappa shape index (κ2) is 16.1. The van der Waals surface area contributed by atoms with Gasteiger partial charge in [-0.1, -0.05) is 75.8 Å². The van der Waals surface area contributed by atoms with Gasteiger partial charge in [0.25, 0.3) is 5.91 Å². The van der Waals surface area contributed by atoms with E-state index in [-0.39, 0.29) is 5.91 Å². The van der Waals surface area contributed by atoms with Crippen LogP contribution in [-0.4, -0.2) is 52.5 Å². The maximum absolute atomic E-state index is 13.4. The summed E-state index contributed by atoms with van der Waals surface area (Å²) in [5.74, 6) is 0.191. The molecule has 0 aliphatic heterocycles. The second-order valence-electron chi connectivity index (χ2n) is 11.2. The number of carboxylic acids is 1. The van der Waals surface area contributed by atoms with Crippen LogP contribution in [0, 0.1) is 12.8 Å². The summed E-state index contributed by atoms with van der Waals surface area (Å²) in [7, 11) is 0. The maximum atomic E-state index is 13.4. The smallest absolute Gasteiger partial charge is 0.326 e. The lowest BCUT2D eigenvalue weighted by atomic mass is 9.86. The molecular formula is C33H48N2O3S. The molecule has 0 saturated heterocycles. The second-order valence-corrected chi connectivity index (χ2v) is 12.2. The van der Waals surface area contributed by atoms with Crippen LogP contribution in [0.1, 0.15) is 93.1 Å². The molecule has 1 aliphatic carbocycles. The van der Waals surface area contributed by atoms with Gasteiger partial charge < -0.3 is 10.4 Å². The minimum atomic E-state index is -0.995. The zero-order chi connectivity index (χ0) is 28.2. The summed E-state index contributed by atoms with van der Waals surface area (Å²) in [5.41, 5.74) is 4.69. The summed E-state index contributed by atoms with van der Waals surface area (Å²) >= 11 is 1.58. The van der Waals surface area contributed by atoms with E-state index in [1.165, 1.54) is 50.5 Å². The first-order valence-corrected chi connectivity index (χ1v) is 16.2. The Kier molecular flexibility index (Phi) is 12.9. The quantitative estimate of drug-likeness (QED) is 0.239. The topological polar surface area (TPSA) is 69.6 Å². The van der Waals surface area contributed by atoms with Gasteiger partial charge in [-0.2, -0.15) is 11.8 Å². The molecule has 0 radical (unpaired) electrons. The van der Waals surface area contributed by atoms with Crippen molar-refractivity contribution in [3.63, 3.8) is 0 Å². The zero-order valence-corrected chi connectivity index (χ0v) is 25.2. The zero-order valence-electron chi connectivity index (χ0n) is 24.4. The standard InChI is InChI=1S/C33H48N2O3S/c1-5-11-25(3)35(20-18-26-13-7-6-8-14-26)23-27-16-17-29(30(22-27)28-15-10-9-12-24(28)2)32(36)34-31(33(37)38)19-21-39-4/h9-10,12,15-17,22,25-26,31H,5-8,11,13-14,18-21,23H2,1-4H3,(H,34,36)(H,37,38)/t25?,31-/m0/s1. The van der Waals surface area contributed by atoms with Crippen molar-refractivity contribution >= 4 is 23.6 Å². The molecule has 0 bridgehead atoms. The lowest BCUT2D eigenvalue weighted by Gasteiger charge is -2.32. The molecule has 214 valence electrons. The number of benzene rings is 2. The van der Waals surface area contributed by atoms with Crippen molar-refractivity contribution in [1.29, 1.82) is 0 Å². The number of rotatable bonds is 15. The van der Waals surface area contributed by atoms with Gasteiger partial charge in [-0.3, -0.25) is 9.69 Å². The van der Waals surface area contributed by atoms with E-state index in [2.05, 4.69) is 49.2 Å². The Balaban J connectivity index is 1.89. The molecule has 1 aliphatic rings. The van der Waals surface area contributed by atoms with Crippen molar-refractivity contribution in [1.82, 2.24) is 10.2 Å². The van der Waals surface area contributed by atoms with Crippen molar-refractivity contribution in [3.8, 4) is 11.1 Å². The molecular weight excluding hydrogens is 504 g/mol. The van der Waals surface area contributed by atoms with E-state index in [0.29, 0.717) is 23.8 Å². The number of aryl methyl sites for hydroxylation is 1. The van der Waals surface area contributed by atoms with Crippen LogP contribution >= 0.6 is 11.8 Å². The van der Waals surface area contributed by atoms with Crippen LogP contribution in [-0.2, 0) is 11.3 Å². The molecule has 2 atom stereocenters. The van der Waals surface area contributed by atoms with Gasteiger partial charge in [0.1, 0.15) is 6.04 Å². The van der Waals surface area contributed by atoms with Crippen LogP contribution in [0.25, 0.3) is 11.1 Å². The van der Waals surface area contributed by atoms with Gasteiger partial charge in [-0.15, -0.1) is 0 Å². The highest BCUT2D eigenvalue weighted by Crippen LogP contribution is 2.30. The molecule has 0 spiro atoms. The molecule has 5 nitrogen and oxygen atoms in total. The number of hydrogen-bond donors (Lipinski definition) is 2. The Morgan fingerprint density at radius 1 is 1.08 bits per heavy atom. The van der Waals surface area contributed by atoms with E-state index in [1.807, 2.05) is 30.5 Å². The molecule has 6 heteroatoms. The summed E-state index contributed by atoms with van der Waals surface area (Å²) in [6.07, 6.45) is 12.8. The third-order valence-corrected chi connectivity index (χ3v) is 8.89. The Bertz CT molecular complexity index is 1070. The Morgan fingerprint density at radius 2 is 1.82 bits per heavy atom. The molecule has 2 aromatic carbocycles. The lowest BCUT2D eigenvalue weighted by molar-refractivity contribution is -0.139. The van der Waals surface area contributed by atoms with E-state index in [1.54, 1.807) is 11.8 Å². The minimum absolute atomic E-state index is 0.332. The molecule has 1 saturated carbocycles. The lowest BCUT2D eigenvalue weighted by Crippen LogP contribution is -2.41. The van der Waals surface area contributed by atoms with Crippen LogP contribution in [0.5, 0.6) is 0 Å². The molecule has 3 rings (SSSR count). The number of nitrogens with zero attached hydrogens (tertiary/aromatic N) is 1. The predicted octanol–water partition coefficient (Wildman–Crippen LogP) is 7.56. The van der Waals surface area contributed by atoms with E-state index in [9.17, 15) is 14.7 Å². The summed E-state index contributed by atoms with van der Waals surface area (Å²) in [4.78, 5) is 27.9. The molecule has 2 N–H and O–H groups in total. The third-order valence-electron chi connectivity index (χ3n) is 8.24. The largest absolute Gasteiger partial charge is 0.480 e. The van der Waals surface area contributed by atoms with Gasteiger partial charge in [-0.05, 0) is 92.0 Å². The van der Waals surface area contributed by atoms with Crippen molar-refractivity contribution in [2.24, 2.45) is 5.92 Å². The normalized spacial score (nSPS) is 15.7. The fraction of sp³-hybridized carbons (Fsp3) is 0.576. The summed E-state index contributed by atoms with van der Waals surface area (Å²) in [6, 6.07) is 13.8. The van der Waals surface area contributed by atoms with E-state index in [4.69, 9.17) is 0 Å². The first kappa shape index (κ1) is 31.2. The molecule has 1 fully saturated rings. The van der Waals surface area contributed by atoms with Crippen LogP contribution in [0.15, 0.2) is 42.5 Å². The average molecular weight is 553 g/mol. The number of carbonyl (C=O) groups excluding carboxylic acids is 1. The van der Waals surface area contributed by atoms with E-state index in [0.717, 1.165) is 42.1 Å². The molecule has 1 amide bonds. The van der Waals surface area contributed by atoms with Crippen molar-refractivity contribution in [2.45, 2.75) is 97.2 Å². The molecule has 0 heterocycles. The highest BCUT2D eigenvalue weighted by atomic mass is 32.2. The van der Waals surface area contributed by atoms with Crippen LogP contribution in [0.2, 0.25) is 0 Å². The van der Waals surface area contributed by atoms with Gasteiger partial charge in [0.2, 0.25) is 0 Å². The van der Waals surface area contributed by atoms with E-state index < -0.39 is 12.0 Å². The van der Waals surface area contributed by atoms with Crippen molar-refractivity contribution in [2.75, 3.05) is 18.6 Å². The van der Waals surface area contributed by atoms with Crippen LogP contribution < -0.4 is 5.32 Å². The predicted molar refractivity (Wildman–Crippen MR) is 164 cm³/mol. The number of aliphatic carboxylic acids is 1. The van der Waals surface area contributed by atoms with Gasteiger partial charge in [0.05, 0.1) is 0 Å². The monoisotopic (exact) mass is 552 g/mol. The van der Waals surface area contributed by atoms with Gasteiger partial charge in [0.15, 0.2) is 0 Å². The first-order valence-electron chi connectivity index (χ1n) is 14.8. The molecule has 39 heavy (non-hydrogen) atoms. The van der Waals surface area contributed by atoms with Crippen molar-refractivity contribution in [3.05, 3.63) is 59.2 Å². The third kappa shape index (κ3) is 9.39. The van der Waals surface area contributed by atoms with Gasteiger partial charge in [-0.25, -0.2) is 4.79 Å². The number of carboxylic acid groups (broad SMARTS) is 1. The highest BCUT2D eigenvalue weighted by Gasteiger charge is 2.24. The van der Waals surface area contributed by atoms with Gasteiger partial charge >= 0.3 is 5.97 Å². The van der Waals surface area contributed by atoms with Crippen molar-refractivity contribution < 1.29 is 14.7 Å². The number of hydrogen-bond acceptors (Lipinski definition) is 4. The highest BCUT2D eigenvalue weighted by molar-refractivity contribution is 7.98. The molecule has 1 unspecified atom stereocenters. The van der Waals surface area contributed by atoms with Gasteiger partial charge in [0, 0.05) is 18.2 Å². The summed E-state index contributed by atoms with van der Waals surface area (Å²) in [5, 5.41) is 12.5. The fourth-order valence-electron chi connectivity index (χ4n) is 5.83. The molecule has 0 aromatic heterocycles. The number of carbonyl (C=O) groups is 2. The fourth-order valence-corrected chi connectivity index (χ4v) is 6.30. The van der Waals surface area contributed by atoms with Crippen LogP contribution in [0.3, 0.4) is 0 Å². The average Bonchev–Trinajstić information content (AvgIpc) is 2.93. The Hall–Kier alpha value is -2.31. The Morgan fingerprint density at radius 3 is 2.49 bits per heavy atom. The number of amides is 1. The Labute approximate surface area is 240 Å². The summed E-state index contributed by atoms with van der Waals surface area (Å²) in [6.45, 7) is 8.60. The SMILES string of the molecule is CCCC(C)N(CCC1CCCCC1)Cc1ccc(C(=O)N[C@@H](CCSC)C(=O)O)c(-c2ccccc2C)c1. The number of thioether (sulfide) groups is 1. The minimum Gasteiger partial charge on any atom is -0.480 e. The first-order chi connectivity index (χ1) is 18.8. The maximum Gasteiger partial charge on any atom is 0.326 e. The summed E-state index contributed by atoms with van der Waals surface area (Å²) < 4.78 is 0. The van der Waals surface area contributed by atoms with Crippen LogP contribution in [0.4, 0.5) is 0 Å².